The van der Waals surface area contributed by atoms with Gasteiger partial charge in [-0.1, -0.05) is 28.1 Å². The minimum Gasteiger partial charge on any atom is -0.352 e. The lowest BCUT2D eigenvalue weighted by Gasteiger charge is -2.32. The molecule has 4 nitrogen and oxygen atoms in total. The van der Waals surface area contributed by atoms with Crippen molar-refractivity contribution < 1.29 is 4.79 Å². The van der Waals surface area contributed by atoms with Crippen molar-refractivity contribution >= 4 is 21.8 Å². The minimum atomic E-state index is 0.0227. The first kappa shape index (κ1) is 16.5. The fourth-order valence-corrected chi connectivity index (χ4v) is 2.80. The fraction of sp³-hybridized carbons (Fsp3) is 0.562. The van der Waals surface area contributed by atoms with Crippen LogP contribution in [0, 0.1) is 0 Å². The Kier molecular flexibility index (Phi) is 6.67. The summed E-state index contributed by atoms with van der Waals surface area (Å²) < 4.78 is 0. The Labute approximate surface area is 135 Å². The Morgan fingerprint density at radius 3 is 2.48 bits per heavy atom. The molecule has 1 amide bonds. The van der Waals surface area contributed by atoms with E-state index in [4.69, 9.17) is 0 Å². The molecule has 0 atom stereocenters. The number of benzene rings is 1. The van der Waals surface area contributed by atoms with Crippen LogP contribution in [-0.4, -0.2) is 62.0 Å². The average molecular weight is 354 g/mol. The molecule has 0 aromatic heterocycles. The number of amides is 1. The number of nitrogens with zero attached hydrogens (tertiary/aromatic N) is 2. The van der Waals surface area contributed by atoms with Crippen molar-refractivity contribution in [2.75, 3.05) is 46.3 Å². The summed E-state index contributed by atoms with van der Waals surface area (Å²) in [6.45, 7) is 6.37. The highest BCUT2D eigenvalue weighted by atomic mass is 79.9. The normalized spacial score (nSPS) is 16.9. The number of likely N-dealkylation sites (N-methyl/N-ethyl adjacent to an activating group) is 1. The first-order chi connectivity index (χ1) is 10.2. The van der Waals surface area contributed by atoms with E-state index >= 15 is 0 Å². The van der Waals surface area contributed by atoms with E-state index < -0.39 is 0 Å². The van der Waals surface area contributed by atoms with Crippen LogP contribution in [0.25, 0.3) is 0 Å². The lowest BCUT2D eigenvalue weighted by Crippen LogP contribution is -2.45. The van der Waals surface area contributed by atoms with Gasteiger partial charge in [-0.25, -0.2) is 0 Å². The van der Waals surface area contributed by atoms with E-state index in [1.54, 1.807) is 0 Å². The molecule has 1 aromatic carbocycles. The van der Waals surface area contributed by atoms with E-state index in [0.29, 0.717) is 0 Å². The molecule has 1 aromatic rings. The lowest BCUT2D eigenvalue weighted by molar-refractivity contribution is 0.0949. The van der Waals surface area contributed by atoms with Crippen molar-refractivity contribution in [3.8, 4) is 0 Å². The van der Waals surface area contributed by atoms with Crippen LogP contribution >= 0.6 is 15.9 Å². The molecule has 1 N–H and O–H groups in total. The van der Waals surface area contributed by atoms with Gasteiger partial charge in [0.25, 0.3) is 5.91 Å². The standard InChI is InChI=1S/C16H24BrN3O/c1-19-9-11-20(12-10-19)8-2-7-18-16(21)15-5-3-14(13-17)4-6-15/h3-6H,2,7-13H2,1H3,(H,18,21). The van der Waals surface area contributed by atoms with E-state index in [9.17, 15) is 4.79 Å². The molecule has 5 heteroatoms. The van der Waals surface area contributed by atoms with Gasteiger partial charge in [-0.05, 0) is 37.7 Å². The molecule has 0 unspecified atom stereocenters. The van der Waals surface area contributed by atoms with Gasteiger partial charge in [0.05, 0.1) is 0 Å². The Morgan fingerprint density at radius 2 is 1.86 bits per heavy atom. The van der Waals surface area contributed by atoms with E-state index in [-0.39, 0.29) is 5.91 Å². The van der Waals surface area contributed by atoms with Gasteiger partial charge >= 0.3 is 0 Å². The number of hydrogen-bond donors (Lipinski definition) is 1. The molecule has 1 aliphatic rings. The molecule has 0 spiro atoms. The second kappa shape index (κ2) is 8.51. The van der Waals surface area contributed by atoms with E-state index in [1.807, 2.05) is 24.3 Å². The average Bonchev–Trinajstić information content (AvgIpc) is 2.53. The molecule has 0 bridgehead atoms. The lowest BCUT2D eigenvalue weighted by atomic mass is 10.1. The fourth-order valence-electron chi connectivity index (χ4n) is 2.42. The van der Waals surface area contributed by atoms with Crippen molar-refractivity contribution in [1.82, 2.24) is 15.1 Å². The van der Waals surface area contributed by atoms with Crippen LogP contribution in [0.4, 0.5) is 0 Å². The quantitative estimate of drug-likeness (QED) is 0.627. The summed E-state index contributed by atoms with van der Waals surface area (Å²) in [5, 5.41) is 3.82. The number of alkyl halides is 1. The number of piperazine rings is 1. The molecule has 116 valence electrons. The summed E-state index contributed by atoms with van der Waals surface area (Å²) in [4.78, 5) is 16.8. The number of carbonyl (C=O) groups excluding carboxylic acids is 1. The van der Waals surface area contributed by atoms with Crippen molar-refractivity contribution in [3.05, 3.63) is 35.4 Å². The summed E-state index contributed by atoms with van der Waals surface area (Å²) in [6.07, 6.45) is 1.01. The maximum Gasteiger partial charge on any atom is 0.251 e. The van der Waals surface area contributed by atoms with Gasteiger partial charge in [0.15, 0.2) is 0 Å². The third kappa shape index (κ3) is 5.41. The highest BCUT2D eigenvalue weighted by Crippen LogP contribution is 2.07. The van der Waals surface area contributed by atoms with Gasteiger partial charge in [0.1, 0.15) is 0 Å². The Hall–Kier alpha value is -0.910. The zero-order valence-electron chi connectivity index (χ0n) is 12.6. The number of rotatable bonds is 6. The smallest absolute Gasteiger partial charge is 0.251 e. The van der Waals surface area contributed by atoms with Crippen LogP contribution in [0.15, 0.2) is 24.3 Å². The van der Waals surface area contributed by atoms with Crippen molar-refractivity contribution in [2.45, 2.75) is 11.8 Å². The Bertz CT molecular complexity index is 441. The molecule has 21 heavy (non-hydrogen) atoms. The Balaban J connectivity index is 1.64. The summed E-state index contributed by atoms with van der Waals surface area (Å²) in [7, 11) is 2.17. The zero-order valence-corrected chi connectivity index (χ0v) is 14.2. The van der Waals surface area contributed by atoms with Crippen molar-refractivity contribution in [2.24, 2.45) is 0 Å². The monoisotopic (exact) mass is 353 g/mol. The first-order valence-electron chi connectivity index (χ1n) is 7.53. The SMILES string of the molecule is CN1CCN(CCCNC(=O)c2ccc(CBr)cc2)CC1. The molecule has 0 aliphatic carbocycles. The van der Waals surface area contributed by atoms with Crippen molar-refractivity contribution in [1.29, 1.82) is 0 Å². The predicted molar refractivity (Wildman–Crippen MR) is 90.0 cm³/mol. The molecule has 2 rings (SSSR count). The third-order valence-electron chi connectivity index (χ3n) is 3.90. The van der Waals surface area contributed by atoms with Crippen LogP contribution in [0.1, 0.15) is 22.3 Å². The molecule has 1 saturated heterocycles. The van der Waals surface area contributed by atoms with E-state index in [1.165, 1.54) is 5.56 Å². The topological polar surface area (TPSA) is 35.6 Å². The first-order valence-corrected chi connectivity index (χ1v) is 8.65. The Morgan fingerprint density at radius 1 is 1.19 bits per heavy atom. The minimum absolute atomic E-state index is 0.0227. The molecular weight excluding hydrogens is 330 g/mol. The number of halogens is 1. The molecule has 1 fully saturated rings. The molecule has 0 saturated carbocycles. The van der Waals surface area contributed by atoms with E-state index in [2.05, 4.69) is 38.1 Å². The van der Waals surface area contributed by atoms with Crippen molar-refractivity contribution in [3.63, 3.8) is 0 Å². The highest BCUT2D eigenvalue weighted by Gasteiger charge is 2.13. The summed E-state index contributed by atoms with van der Waals surface area (Å²) in [5.74, 6) is 0.0227. The third-order valence-corrected chi connectivity index (χ3v) is 4.55. The highest BCUT2D eigenvalue weighted by molar-refractivity contribution is 9.08. The van der Waals surface area contributed by atoms with Gasteiger partial charge in [-0.15, -0.1) is 0 Å². The van der Waals surface area contributed by atoms with Crippen LogP contribution < -0.4 is 5.32 Å². The molecular formula is C16H24BrN3O. The van der Waals surface area contributed by atoms with Gasteiger partial charge in [0.2, 0.25) is 0 Å². The van der Waals surface area contributed by atoms with Gasteiger partial charge in [-0.3, -0.25) is 4.79 Å². The van der Waals surface area contributed by atoms with E-state index in [0.717, 1.165) is 56.6 Å². The van der Waals surface area contributed by atoms with Crippen LogP contribution in [0.2, 0.25) is 0 Å². The maximum absolute atomic E-state index is 12.0. The second-order valence-electron chi connectivity index (χ2n) is 5.58. The molecule has 0 radical (unpaired) electrons. The predicted octanol–water partition coefficient (Wildman–Crippen LogP) is 1.95. The second-order valence-corrected chi connectivity index (χ2v) is 6.15. The van der Waals surface area contributed by atoms with Gasteiger partial charge < -0.3 is 15.1 Å². The van der Waals surface area contributed by atoms with Crippen LogP contribution in [-0.2, 0) is 5.33 Å². The summed E-state index contributed by atoms with van der Waals surface area (Å²) in [5.41, 5.74) is 1.92. The van der Waals surface area contributed by atoms with Gasteiger partial charge in [0, 0.05) is 43.6 Å². The molecule has 1 aliphatic heterocycles. The summed E-state index contributed by atoms with van der Waals surface area (Å²) in [6, 6.07) is 7.72. The summed E-state index contributed by atoms with van der Waals surface area (Å²) >= 11 is 3.40. The van der Waals surface area contributed by atoms with Gasteiger partial charge in [-0.2, -0.15) is 0 Å². The van der Waals surface area contributed by atoms with Crippen LogP contribution in [0.5, 0.6) is 0 Å². The largest absolute Gasteiger partial charge is 0.352 e. The maximum atomic E-state index is 12.0. The number of carbonyl (C=O) groups is 1. The molecule has 1 heterocycles. The number of hydrogen-bond acceptors (Lipinski definition) is 3. The zero-order chi connectivity index (χ0) is 15.1. The van der Waals surface area contributed by atoms with Crippen LogP contribution in [0.3, 0.4) is 0 Å². The number of nitrogens with one attached hydrogen (secondary N) is 1.